The van der Waals surface area contributed by atoms with E-state index in [1.54, 1.807) is 24.3 Å². The Morgan fingerprint density at radius 3 is 2.26 bits per heavy atom. The van der Waals surface area contributed by atoms with Crippen molar-refractivity contribution < 1.29 is 19.1 Å². The van der Waals surface area contributed by atoms with Crippen LogP contribution in [-0.4, -0.2) is 25.0 Å². The summed E-state index contributed by atoms with van der Waals surface area (Å²) in [6.45, 7) is 6.87. The molecule has 3 rings (SSSR count). The Morgan fingerprint density at radius 2 is 1.53 bits per heavy atom. The molecule has 0 aliphatic rings. The molecule has 0 aliphatic carbocycles. The van der Waals surface area contributed by atoms with Crippen molar-refractivity contribution in [2.75, 3.05) is 18.5 Å². The number of carbonyl (C=O) groups is 2. The van der Waals surface area contributed by atoms with E-state index in [0.717, 1.165) is 11.1 Å². The standard InChI is InChI=1S/C28H32N2O4/c1-4-33-25-17-15-21(19-26(25)34-5-2)16-18-27(31)30-24-14-10-9-13-23(24)28(32)29-20(3)22-11-7-6-8-12-22/h6-15,17,19-20H,4-5,16,18H2,1-3H3,(H,29,32)(H,30,31)/t20-/m1/s1. The van der Waals surface area contributed by atoms with E-state index in [1.807, 2.05) is 69.3 Å². The molecule has 3 aromatic carbocycles. The summed E-state index contributed by atoms with van der Waals surface area (Å²) in [6, 6.07) is 22.4. The van der Waals surface area contributed by atoms with Gasteiger partial charge >= 0.3 is 0 Å². The lowest BCUT2D eigenvalue weighted by Gasteiger charge is -2.16. The zero-order valence-corrected chi connectivity index (χ0v) is 20.0. The molecule has 0 heterocycles. The number of anilines is 1. The molecule has 0 aromatic heterocycles. The molecule has 3 aromatic rings. The number of amides is 2. The molecule has 178 valence electrons. The van der Waals surface area contributed by atoms with E-state index in [1.165, 1.54) is 0 Å². The average molecular weight is 461 g/mol. The Balaban J connectivity index is 1.62. The predicted octanol–water partition coefficient (Wildman–Crippen LogP) is 5.55. The van der Waals surface area contributed by atoms with Crippen LogP contribution in [0.25, 0.3) is 0 Å². The summed E-state index contributed by atoms with van der Waals surface area (Å²) >= 11 is 0. The van der Waals surface area contributed by atoms with Crippen LogP contribution < -0.4 is 20.1 Å². The van der Waals surface area contributed by atoms with Crippen LogP contribution in [0.4, 0.5) is 5.69 Å². The van der Waals surface area contributed by atoms with Crippen molar-refractivity contribution in [3.05, 3.63) is 89.5 Å². The van der Waals surface area contributed by atoms with Crippen molar-refractivity contribution in [2.45, 2.75) is 39.7 Å². The van der Waals surface area contributed by atoms with Gasteiger partial charge in [0.25, 0.3) is 5.91 Å². The third kappa shape index (κ3) is 6.85. The van der Waals surface area contributed by atoms with E-state index in [4.69, 9.17) is 9.47 Å². The Morgan fingerprint density at radius 1 is 0.853 bits per heavy atom. The van der Waals surface area contributed by atoms with Crippen LogP contribution in [0.5, 0.6) is 11.5 Å². The highest BCUT2D eigenvalue weighted by Gasteiger charge is 2.16. The summed E-state index contributed by atoms with van der Waals surface area (Å²) in [5, 5.41) is 5.89. The van der Waals surface area contributed by atoms with Gasteiger partial charge in [-0.2, -0.15) is 0 Å². The van der Waals surface area contributed by atoms with Crippen LogP contribution in [0.1, 0.15) is 54.7 Å². The van der Waals surface area contributed by atoms with Crippen molar-refractivity contribution in [3.63, 3.8) is 0 Å². The molecule has 0 aliphatic heterocycles. The minimum Gasteiger partial charge on any atom is -0.490 e. The number of para-hydroxylation sites is 1. The highest BCUT2D eigenvalue weighted by molar-refractivity contribution is 6.03. The average Bonchev–Trinajstić information content (AvgIpc) is 2.85. The van der Waals surface area contributed by atoms with Crippen molar-refractivity contribution in [1.82, 2.24) is 5.32 Å². The Bertz CT molecular complexity index is 1100. The maximum absolute atomic E-state index is 12.9. The minimum atomic E-state index is -0.236. The fourth-order valence-corrected chi connectivity index (χ4v) is 3.61. The van der Waals surface area contributed by atoms with Crippen LogP contribution in [-0.2, 0) is 11.2 Å². The third-order valence-electron chi connectivity index (χ3n) is 5.34. The van der Waals surface area contributed by atoms with Crippen LogP contribution in [0.2, 0.25) is 0 Å². The van der Waals surface area contributed by atoms with Gasteiger partial charge in [0.05, 0.1) is 30.5 Å². The molecule has 2 amide bonds. The predicted molar refractivity (Wildman–Crippen MR) is 134 cm³/mol. The number of rotatable bonds is 11. The molecular weight excluding hydrogens is 428 g/mol. The largest absolute Gasteiger partial charge is 0.490 e. The van der Waals surface area contributed by atoms with Crippen molar-refractivity contribution in [1.29, 1.82) is 0 Å². The lowest BCUT2D eigenvalue weighted by atomic mass is 10.1. The number of aryl methyl sites for hydroxylation is 1. The fraction of sp³-hybridized carbons (Fsp3) is 0.286. The van der Waals surface area contributed by atoms with Crippen LogP contribution in [0, 0.1) is 0 Å². The van der Waals surface area contributed by atoms with E-state index in [9.17, 15) is 9.59 Å². The molecule has 0 saturated carbocycles. The molecule has 0 radical (unpaired) electrons. The SMILES string of the molecule is CCOc1ccc(CCC(=O)Nc2ccccc2C(=O)N[C@H](C)c2ccccc2)cc1OCC. The number of ether oxygens (including phenoxy) is 2. The first-order valence-electron chi connectivity index (χ1n) is 11.6. The second-order valence-electron chi connectivity index (χ2n) is 7.85. The van der Waals surface area contributed by atoms with Gasteiger partial charge in [0.1, 0.15) is 0 Å². The summed E-state index contributed by atoms with van der Waals surface area (Å²) in [6.07, 6.45) is 0.813. The van der Waals surface area contributed by atoms with Gasteiger partial charge < -0.3 is 20.1 Å². The Hall–Kier alpha value is -3.80. The van der Waals surface area contributed by atoms with Crippen LogP contribution in [0.3, 0.4) is 0 Å². The van der Waals surface area contributed by atoms with Gasteiger partial charge in [0.2, 0.25) is 5.91 Å². The molecule has 0 spiro atoms. The highest BCUT2D eigenvalue weighted by Crippen LogP contribution is 2.29. The van der Waals surface area contributed by atoms with Gasteiger partial charge in [-0.25, -0.2) is 0 Å². The van der Waals surface area contributed by atoms with Gasteiger partial charge in [-0.15, -0.1) is 0 Å². The molecule has 0 fully saturated rings. The molecule has 0 bridgehead atoms. The second-order valence-corrected chi connectivity index (χ2v) is 7.85. The van der Waals surface area contributed by atoms with Gasteiger partial charge in [0.15, 0.2) is 11.5 Å². The van der Waals surface area contributed by atoms with Crippen molar-refractivity contribution in [3.8, 4) is 11.5 Å². The fourth-order valence-electron chi connectivity index (χ4n) is 3.61. The maximum atomic E-state index is 12.9. The molecule has 0 unspecified atom stereocenters. The molecule has 34 heavy (non-hydrogen) atoms. The first-order chi connectivity index (χ1) is 16.5. The summed E-state index contributed by atoms with van der Waals surface area (Å²) in [7, 11) is 0. The van der Waals surface area contributed by atoms with E-state index in [2.05, 4.69) is 10.6 Å². The van der Waals surface area contributed by atoms with E-state index in [0.29, 0.717) is 42.4 Å². The highest BCUT2D eigenvalue weighted by atomic mass is 16.5. The number of benzene rings is 3. The van der Waals surface area contributed by atoms with Gasteiger partial charge in [-0.05, 0) is 62.6 Å². The molecule has 6 nitrogen and oxygen atoms in total. The summed E-state index contributed by atoms with van der Waals surface area (Å²) in [5.74, 6) is 0.974. The summed E-state index contributed by atoms with van der Waals surface area (Å²) < 4.78 is 11.3. The molecule has 1 atom stereocenters. The lowest BCUT2D eigenvalue weighted by Crippen LogP contribution is -2.28. The van der Waals surface area contributed by atoms with Gasteiger partial charge in [0, 0.05) is 6.42 Å². The third-order valence-corrected chi connectivity index (χ3v) is 5.34. The minimum absolute atomic E-state index is 0.156. The van der Waals surface area contributed by atoms with Crippen molar-refractivity contribution >= 4 is 17.5 Å². The van der Waals surface area contributed by atoms with Crippen LogP contribution in [0.15, 0.2) is 72.8 Å². The zero-order chi connectivity index (χ0) is 24.3. The second kappa shape index (κ2) is 12.4. The zero-order valence-electron chi connectivity index (χ0n) is 20.0. The van der Waals surface area contributed by atoms with Crippen molar-refractivity contribution in [2.24, 2.45) is 0 Å². The van der Waals surface area contributed by atoms with Gasteiger partial charge in [-0.3, -0.25) is 9.59 Å². The molecule has 6 heteroatoms. The maximum Gasteiger partial charge on any atom is 0.253 e. The first kappa shape index (κ1) is 24.8. The summed E-state index contributed by atoms with van der Waals surface area (Å²) in [4.78, 5) is 25.6. The topological polar surface area (TPSA) is 76.7 Å². The Kier molecular flexibility index (Phi) is 9.09. The molecule has 2 N–H and O–H groups in total. The lowest BCUT2D eigenvalue weighted by molar-refractivity contribution is -0.116. The van der Waals surface area contributed by atoms with Gasteiger partial charge in [-0.1, -0.05) is 48.5 Å². The monoisotopic (exact) mass is 460 g/mol. The Labute approximate surface area is 201 Å². The number of hydrogen-bond donors (Lipinski definition) is 2. The summed E-state index contributed by atoms with van der Waals surface area (Å²) in [5.41, 5.74) is 2.91. The quantitative estimate of drug-likeness (QED) is 0.394. The molecule has 0 saturated heterocycles. The molecular formula is C28H32N2O4. The number of carbonyl (C=O) groups excluding carboxylic acids is 2. The van der Waals surface area contributed by atoms with Crippen LogP contribution >= 0.6 is 0 Å². The smallest absolute Gasteiger partial charge is 0.253 e. The number of hydrogen-bond acceptors (Lipinski definition) is 4. The van der Waals surface area contributed by atoms with E-state index >= 15 is 0 Å². The first-order valence-corrected chi connectivity index (χ1v) is 11.6. The van der Waals surface area contributed by atoms with E-state index in [-0.39, 0.29) is 24.3 Å². The normalized spacial score (nSPS) is 11.4. The van der Waals surface area contributed by atoms with E-state index < -0.39 is 0 Å². The number of nitrogens with one attached hydrogen (secondary N) is 2.